The number of hydrogen-bond donors (Lipinski definition) is 2. The number of hydrogen-bond acceptors (Lipinski definition) is 4. The van der Waals surface area contributed by atoms with Crippen molar-refractivity contribution >= 4 is 5.65 Å². The van der Waals surface area contributed by atoms with Gasteiger partial charge in [-0.3, -0.25) is 4.90 Å². The quantitative estimate of drug-likeness (QED) is 0.867. The van der Waals surface area contributed by atoms with Gasteiger partial charge in [0, 0.05) is 44.5 Å². The van der Waals surface area contributed by atoms with Crippen molar-refractivity contribution < 1.29 is 0 Å². The smallest absolute Gasteiger partial charge is 0.137 e. The first kappa shape index (κ1) is 13.5. The summed E-state index contributed by atoms with van der Waals surface area (Å²) < 4.78 is 2.16. The van der Waals surface area contributed by atoms with Crippen LogP contribution in [0.25, 0.3) is 5.65 Å². The van der Waals surface area contributed by atoms with Gasteiger partial charge >= 0.3 is 0 Å². The standard InChI is InChI=1S/C15H23N5/c1-12-13(20-8-4-3-5-14(20)18-12)11-15(2,16)19-9-6-17-7-10-19/h3-5,8,17H,6-7,9-11,16H2,1-2H3. The fourth-order valence-corrected chi connectivity index (χ4v) is 3.00. The molecule has 1 fully saturated rings. The zero-order valence-electron chi connectivity index (χ0n) is 12.3. The van der Waals surface area contributed by atoms with Gasteiger partial charge in [0.2, 0.25) is 0 Å². The van der Waals surface area contributed by atoms with Gasteiger partial charge in [0.25, 0.3) is 0 Å². The molecule has 0 radical (unpaired) electrons. The number of imidazole rings is 1. The highest BCUT2D eigenvalue weighted by atomic mass is 15.3. The van der Waals surface area contributed by atoms with Crippen LogP contribution in [0.4, 0.5) is 0 Å². The molecule has 3 N–H and O–H groups in total. The van der Waals surface area contributed by atoms with E-state index in [0.29, 0.717) is 0 Å². The summed E-state index contributed by atoms with van der Waals surface area (Å²) in [5.41, 5.74) is 9.55. The Kier molecular flexibility index (Phi) is 3.50. The van der Waals surface area contributed by atoms with Crippen molar-refractivity contribution in [2.24, 2.45) is 5.73 Å². The van der Waals surface area contributed by atoms with E-state index in [1.54, 1.807) is 0 Å². The lowest BCUT2D eigenvalue weighted by molar-refractivity contribution is 0.0921. The van der Waals surface area contributed by atoms with Crippen LogP contribution in [0.15, 0.2) is 24.4 Å². The molecule has 1 atom stereocenters. The van der Waals surface area contributed by atoms with Gasteiger partial charge in [0.1, 0.15) is 5.65 Å². The molecule has 3 rings (SSSR count). The maximum atomic E-state index is 6.60. The zero-order chi connectivity index (χ0) is 14.2. The average Bonchev–Trinajstić information content (AvgIpc) is 2.76. The molecule has 1 saturated heterocycles. The Morgan fingerprint density at radius 2 is 2.10 bits per heavy atom. The van der Waals surface area contributed by atoms with E-state index in [2.05, 4.69) is 39.6 Å². The van der Waals surface area contributed by atoms with Gasteiger partial charge in [0.05, 0.1) is 11.4 Å². The number of rotatable bonds is 3. The molecule has 1 aliphatic rings. The van der Waals surface area contributed by atoms with Gasteiger partial charge in [-0.15, -0.1) is 0 Å². The first-order valence-corrected chi connectivity index (χ1v) is 7.25. The summed E-state index contributed by atoms with van der Waals surface area (Å²) in [7, 11) is 0. The van der Waals surface area contributed by atoms with E-state index in [1.807, 2.05) is 18.2 Å². The van der Waals surface area contributed by atoms with Crippen molar-refractivity contribution in [1.29, 1.82) is 0 Å². The Morgan fingerprint density at radius 1 is 1.35 bits per heavy atom. The normalized spacial score (nSPS) is 20.1. The average molecular weight is 273 g/mol. The van der Waals surface area contributed by atoms with Crippen LogP contribution in [0.3, 0.4) is 0 Å². The summed E-state index contributed by atoms with van der Waals surface area (Å²) in [5, 5.41) is 3.37. The van der Waals surface area contributed by atoms with Crippen LogP contribution in [0.2, 0.25) is 0 Å². The second-order valence-corrected chi connectivity index (χ2v) is 5.84. The van der Waals surface area contributed by atoms with Crippen LogP contribution >= 0.6 is 0 Å². The fourth-order valence-electron chi connectivity index (χ4n) is 3.00. The molecule has 2 aromatic rings. The molecule has 0 aliphatic carbocycles. The number of nitrogens with two attached hydrogens (primary N) is 1. The molecule has 1 unspecified atom stereocenters. The summed E-state index contributed by atoms with van der Waals surface area (Å²) >= 11 is 0. The highest BCUT2D eigenvalue weighted by Gasteiger charge is 2.30. The number of pyridine rings is 1. The lowest BCUT2D eigenvalue weighted by Crippen LogP contribution is -2.60. The van der Waals surface area contributed by atoms with Crippen LogP contribution in [0.5, 0.6) is 0 Å². The van der Waals surface area contributed by atoms with E-state index >= 15 is 0 Å². The monoisotopic (exact) mass is 273 g/mol. The second kappa shape index (κ2) is 5.16. The summed E-state index contributed by atoms with van der Waals surface area (Å²) in [6, 6.07) is 6.09. The van der Waals surface area contributed by atoms with Gasteiger partial charge < -0.3 is 15.5 Å². The van der Waals surface area contributed by atoms with E-state index in [4.69, 9.17) is 5.73 Å². The Labute approximate surface area is 119 Å². The zero-order valence-corrected chi connectivity index (χ0v) is 12.3. The Morgan fingerprint density at radius 3 is 2.85 bits per heavy atom. The lowest BCUT2D eigenvalue weighted by atomic mass is 10.0. The highest BCUT2D eigenvalue weighted by molar-refractivity contribution is 5.43. The number of nitrogens with one attached hydrogen (secondary N) is 1. The molecular weight excluding hydrogens is 250 g/mol. The first-order chi connectivity index (χ1) is 9.58. The Bertz CT molecular complexity index is 595. The first-order valence-electron chi connectivity index (χ1n) is 7.25. The van der Waals surface area contributed by atoms with E-state index in [9.17, 15) is 0 Å². The van der Waals surface area contributed by atoms with Gasteiger partial charge in [-0.2, -0.15) is 0 Å². The van der Waals surface area contributed by atoms with Crippen molar-refractivity contribution in [3.05, 3.63) is 35.8 Å². The number of nitrogens with zero attached hydrogens (tertiary/aromatic N) is 3. The minimum absolute atomic E-state index is 0.335. The van der Waals surface area contributed by atoms with E-state index in [-0.39, 0.29) is 5.66 Å². The SMILES string of the molecule is Cc1nc2ccccn2c1CC(C)(N)N1CCNCC1. The van der Waals surface area contributed by atoms with Gasteiger partial charge in [-0.25, -0.2) is 4.98 Å². The largest absolute Gasteiger partial charge is 0.314 e. The number of piperazine rings is 1. The molecule has 5 nitrogen and oxygen atoms in total. The lowest BCUT2D eigenvalue weighted by Gasteiger charge is -2.41. The third-order valence-electron chi connectivity index (χ3n) is 4.19. The molecule has 0 amide bonds. The summed E-state index contributed by atoms with van der Waals surface area (Å²) in [5.74, 6) is 0. The molecule has 1 aliphatic heterocycles. The topological polar surface area (TPSA) is 58.6 Å². The summed E-state index contributed by atoms with van der Waals surface area (Å²) in [6.07, 6.45) is 2.88. The molecular formula is C15H23N5. The summed E-state index contributed by atoms with van der Waals surface area (Å²) in [6.45, 7) is 8.22. The minimum atomic E-state index is -0.335. The third-order valence-corrected chi connectivity index (χ3v) is 4.19. The molecule has 0 saturated carbocycles. The van der Waals surface area contributed by atoms with Crippen molar-refractivity contribution in [3.63, 3.8) is 0 Å². The highest BCUT2D eigenvalue weighted by Crippen LogP contribution is 2.20. The summed E-state index contributed by atoms with van der Waals surface area (Å²) in [4.78, 5) is 6.99. The van der Waals surface area contributed by atoms with Crippen molar-refractivity contribution in [1.82, 2.24) is 19.6 Å². The maximum Gasteiger partial charge on any atom is 0.137 e. The number of aryl methyl sites for hydroxylation is 1. The maximum absolute atomic E-state index is 6.60. The molecule has 20 heavy (non-hydrogen) atoms. The van der Waals surface area contributed by atoms with Gasteiger partial charge in [-0.1, -0.05) is 6.07 Å². The van der Waals surface area contributed by atoms with Crippen LogP contribution < -0.4 is 11.1 Å². The molecule has 0 aromatic carbocycles. The van der Waals surface area contributed by atoms with E-state index in [0.717, 1.165) is 43.9 Å². The Balaban J connectivity index is 1.89. The van der Waals surface area contributed by atoms with Gasteiger partial charge in [-0.05, 0) is 26.0 Å². The molecule has 3 heterocycles. The van der Waals surface area contributed by atoms with Crippen molar-refractivity contribution in [2.75, 3.05) is 26.2 Å². The molecule has 0 spiro atoms. The van der Waals surface area contributed by atoms with Crippen molar-refractivity contribution in [3.8, 4) is 0 Å². The van der Waals surface area contributed by atoms with E-state index < -0.39 is 0 Å². The predicted octanol–water partition coefficient (Wildman–Crippen LogP) is 0.765. The van der Waals surface area contributed by atoms with Gasteiger partial charge in [0.15, 0.2) is 0 Å². The van der Waals surface area contributed by atoms with Crippen LogP contribution in [-0.4, -0.2) is 46.1 Å². The fraction of sp³-hybridized carbons (Fsp3) is 0.533. The second-order valence-electron chi connectivity index (χ2n) is 5.84. The molecule has 108 valence electrons. The van der Waals surface area contributed by atoms with Crippen LogP contribution in [-0.2, 0) is 6.42 Å². The van der Waals surface area contributed by atoms with E-state index in [1.165, 1.54) is 5.69 Å². The minimum Gasteiger partial charge on any atom is -0.314 e. The molecule has 2 aromatic heterocycles. The van der Waals surface area contributed by atoms with Crippen LogP contribution in [0, 0.1) is 6.92 Å². The van der Waals surface area contributed by atoms with Crippen molar-refractivity contribution in [2.45, 2.75) is 25.9 Å². The number of aromatic nitrogens is 2. The Hall–Kier alpha value is -1.43. The molecule has 0 bridgehead atoms. The molecule has 5 heteroatoms. The number of fused-ring (bicyclic) bond motifs is 1. The predicted molar refractivity (Wildman–Crippen MR) is 80.7 cm³/mol. The van der Waals surface area contributed by atoms with Crippen LogP contribution in [0.1, 0.15) is 18.3 Å². The third kappa shape index (κ3) is 2.44.